The van der Waals surface area contributed by atoms with Crippen molar-refractivity contribution in [2.45, 2.75) is 31.4 Å². The van der Waals surface area contributed by atoms with Gasteiger partial charge in [-0.15, -0.1) is 0 Å². The predicted molar refractivity (Wildman–Crippen MR) is 94.0 cm³/mol. The number of aromatic nitrogens is 1. The van der Waals surface area contributed by atoms with Gasteiger partial charge in [-0.1, -0.05) is 38.1 Å². The van der Waals surface area contributed by atoms with Crippen LogP contribution in [-0.4, -0.2) is 43.6 Å². The molecule has 1 unspecified atom stereocenters. The van der Waals surface area contributed by atoms with Gasteiger partial charge in [-0.25, -0.2) is 4.98 Å². The second kappa shape index (κ2) is 6.40. The average Bonchev–Trinajstić information content (AvgIpc) is 2.61. The van der Waals surface area contributed by atoms with Gasteiger partial charge in [0.1, 0.15) is 5.69 Å². The summed E-state index contributed by atoms with van der Waals surface area (Å²) in [7, 11) is -0.867. The van der Waals surface area contributed by atoms with E-state index in [1.165, 1.54) is 0 Å². The third-order valence-corrected chi connectivity index (χ3v) is 7.13. The van der Waals surface area contributed by atoms with E-state index in [1.54, 1.807) is 6.07 Å². The number of hydrogen-bond donors (Lipinski definition) is 0. The fourth-order valence-electron chi connectivity index (χ4n) is 3.22. The van der Waals surface area contributed by atoms with E-state index in [1.807, 2.05) is 35.2 Å². The van der Waals surface area contributed by atoms with Gasteiger partial charge >= 0.3 is 0 Å². The molecule has 1 aliphatic rings. The number of pyridine rings is 1. The lowest BCUT2D eigenvalue weighted by Crippen LogP contribution is -2.54. The number of hydrogen-bond acceptors (Lipinski definition) is 3. The lowest BCUT2D eigenvalue weighted by molar-refractivity contribution is 0.0730. The number of rotatable bonds is 3. The Morgan fingerprint density at radius 3 is 2.70 bits per heavy atom. The van der Waals surface area contributed by atoms with Crippen molar-refractivity contribution in [2.75, 3.05) is 18.8 Å². The number of nitrogens with zero attached hydrogens (tertiary/aromatic N) is 2. The van der Waals surface area contributed by atoms with Gasteiger partial charge in [0.25, 0.3) is 5.91 Å². The Labute approximate surface area is 139 Å². The van der Waals surface area contributed by atoms with Crippen LogP contribution >= 0.6 is 0 Å². The fraction of sp³-hybridized carbons (Fsp3) is 0.444. The van der Waals surface area contributed by atoms with Crippen LogP contribution in [0.1, 0.15) is 37.2 Å². The Bertz CT molecular complexity index is 756. The molecular formula is C18H22N2O2S. The van der Waals surface area contributed by atoms with Crippen LogP contribution in [0.25, 0.3) is 10.9 Å². The molecule has 3 rings (SSSR count). The van der Waals surface area contributed by atoms with Crippen molar-refractivity contribution >= 4 is 27.6 Å². The molecule has 23 heavy (non-hydrogen) atoms. The minimum atomic E-state index is -0.867. The number of amides is 1. The van der Waals surface area contributed by atoms with Gasteiger partial charge in [-0.3, -0.25) is 9.00 Å². The summed E-state index contributed by atoms with van der Waals surface area (Å²) in [5.41, 5.74) is 1.30. The first kappa shape index (κ1) is 16.1. The predicted octanol–water partition coefficient (Wildman–Crippen LogP) is 3.00. The summed E-state index contributed by atoms with van der Waals surface area (Å²) in [6.45, 7) is 5.22. The van der Waals surface area contributed by atoms with E-state index in [4.69, 9.17) is 0 Å². The molecule has 0 aliphatic carbocycles. The molecule has 1 aliphatic heterocycles. The molecule has 2 heterocycles. The molecule has 0 radical (unpaired) electrons. The fourth-order valence-corrected chi connectivity index (χ4v) is 4.99. The van der Waals surface area contributed by atoms with Crippen molar-refractivity contribution in [1.82, 2.24) is 9.88 Å². The first-order chi connectivity index (χ1) is 11.1. The SMILES string of the molecule is CCC1(CC)CN(C(=O)c2ccc3ccccc3n2)CCS1=O. The standard InChI is InChI=1S/C18H22N2O2S/c1-3-18(4-2)13-20(11-12-23(18)22)17(21)16-10-9-14-7-5-6-8-15(14)19-16/h5-10H,3-4,11-13H2,1-2H3. The summed E-state index contributed by atoms with van der Waals surface area (Å²) < 4.78 is 12.1. The van der Waals surface area contributed by atoms with Crippen molar-refractivity contribution in [1.29, 1.82) is 0 Å². The van der Waals surface area contributed by atoms with Crippen molar-refractivity contribution in [3.05, 3.63) is 42.1 Å². The molecule has 0 saturated carbocycles. The monoisotopic (exact) mass is 330 g/mol. The Morgan fingerprint density at radius 2 is 1.96 bits per heavy atom. The van der Waals surface area contributed by atoms with Crippen LogP contribution in [0.3, 0.4) is 0 Å². The smallest absolute Gasteiger partial charge is 0.272 e. The molecule has 122 valence electrons. The van der Waals surface area contributed by atoms with Crippen molar-refractivity contribution in [2.24, 2.45) is 0 Å². The molecule has 2 aromatic rings. The number of para-hydroxylation sites is 1. The van der Waals surface area contributed by atoms with E-state index >= 15 is 0 Å². The highest BCUT2D eigenvalue weighted by Gasteiger charge is 2.40. The maximum Gasteiger partial charge on any atom is 0.272 e. The maximum atomic E-state index is 12.8. The molecule has 0 spiro atoms. The van der Waals surface area contributed by atoms with Crippen LogP contribution < -0.4 is 0 Å². The minimum Gasteiger partial charge on any atom is -0.335 e. The third-order valence-electron chi connectivity index (χ3n) is 4.90. The van der Waals surface area contributed by atoms with E-state index < -0.39 is 10.8 Å². The van der Waals surface area contributed by atoms with Crippen LogP contribution in [0.5, 0.6) is 0 Å². The highest BCUT2D eigenvalue weighted by Crippen LogP contribution is 2.29. The molecule has 1 saturated heterocycles. The van der Waals surface area contributed by atoms with Crippen LogP contribution in [0.4, 0.5) is 0 Å². The second-order valence-electron chi connectivity index (χ2n) is 6.06. The summed E-state index contributed by atoms with van der Waals surface area (Å²) in [5.74, 6) is 0.500. The normalized spacial score (nSPS) is 20.6. The quantitative estimate of drug-likeness (QED) is 0.869. The van der Waals surface area contributed by atoms with Crippen LogP contribution in [0.15, 0.2) is 36.4 Å². The van der Waals surface area contributed by atoms with Gasteiger partial charge in [-0.2, -0.15) is 0 Å². The number of carbonyl (C=O) groups is 1. The van der Waals surface area contributed by atoms with E-state index in [0.717, 1.165) is 23.7 Å². The molecule has 1 aromatic heterocycles. The van der Waals surface area contributed by atoms with Crippen molar-refractivity contribution in [3.8, 4) is 0 Å². The Balaban J connectivity index is 1.88. The van der Waals surface area contributed by atoms with Gasteiger partial charge < -0.3 is 4.90 Å². The molecule has 0 bridgehead atoms. The van der Waals surface area contributed by atoms with Gasteiger partial charge in [0, 0.05) is 35.0 Å². The van der Waals surface area contributed by atoms with E-state index in [9.17, 15) is 9.00 Å². The second-order valence-corrected chi connectivity index (χ2v) is 8.02. The molecule has 5 heteroatoms. The summed E-state index contributed by atoms with van der Waals surface area (Å²) >= 11 is 0. The Hall–Kier alpha value is -1.75. The summed E-state index contributed by atoms with van der Waals surface area (Å²) in [4.78, 5) is 19.2. The Morgan fingerprint density at radius 1 is 1.22 bits per heavy atom. The first-order valence-electron chi connectivity index (χ1n) is 8.13. The van der Waals surface area contributed by atoms with Gasteiger partial charge in [0.15, 0.2) is 0 Å². The lowest BCUT2D eigenvalue weighted by Gasteiger charge is -2.41. The summed E-state index contributed by atoms with van der Waals surface area (Å²) in [6, 6.07) is 11.5. The van der Waals surface area contributed by atoms with Crippen LogP contribution in [0, 0.1) is 0 Å². The topological polar surface area (TPSA) is 50.3 Å². The molecule has 1 amide bonds. The largest absolute Gasteiger partial charge is 0.335 e. The highest BCUT2D eigenvalue weighted by atomic mass is 32.2. The van der Waals surface area contributed by atoms with Gasteiger partial charge in [-0.05, 0) is 25.0 Å². The van der Waals surface area contributed by atoms with Crippen LogP contribution in [-0.2, 0) is 10.8 Å². The zero-order chi connectivity index (χ0) is 16.4. The zero-order valence-corrected chi connectivity index (χ0v) is 14.4. The molecule has 1 aromatic carbocycles. The van der Waals surface area contributed by atoms with E-state index in [-0.39, 0.29) is 10.7 Å². The maximum absolute atomic E-state index is 12.8. The molecular weight excluding hydrogens is 308 g/mol. The van der Waals surface area contributed by atoms with Gasteiger partial charge in [0.2, 0.25) is 0 Å². The zero-order valence-electron chi connectivity index (χ0n) is 13.6. The summed E-state index contributed by atoms with van der Waals surface area (Å²) in [6.07, 6.45) is 1.65. The van der Waals surface area contributed by atoms with Gasteiger partial charge in [0.05, 0.1) is 10.3 Å². The number of benzene rings is 1. The number of carbonyl (C=O) groups excluding carboxylic acids is 1. The molecule has 0 N–H and O–H groups in total. The average molecular weight is 330 g/mol. The highest BCUT2D eigenvalue weighted by molar-refractivity contribution is 7.86. The lowest BCUT2D eigenvalue weighted by atomic mass is 10.0. The van der Waals surface area contributed by atoms with Crippen molar-refractivity contribution in [3.63, 3.8) is 0 Å². The third kappa shape index (κ3) is 2.90. The van der Waals surface area contributed by atoms with E-state index in [0.29, 0.717) is 24.5 Å². The molecule has 1 atom stereocenters. The number of fused-ring (bicyclic) bond motifs is 1. The minimum absolute atomic E-state index is 0.0567. The first-order valence-corrected chi connectivity index (χ1v) is 9.45. The Kier molecular flexibility index (Phi) is 4.48. The van der Waals surface area contributed by atoms with Crippen molar-refractivity contribution < 1.29 is 9.00 Å². The molecule has 1 fully saturated rings. The van der Waals surface area contributed by atoms with E-state index in [2.05, 4.69) is 18.8 Å². The van der Waals surface area contributed by atoms with Crippen LogP contribution in [0.2, 0.25) is 0 Å². The summed E-state index contributed by atoms with van der Waals surface area (Å²) in [5, 5.41) is 1.03. The molecule has 4 nitrogen and oxygen atoms in total.